The molecule has 3 nitrogen and oxygen atoms in total. The largest absolute Gasteiger partial charge is 0.358 e. The van der Waals surface area contributed by atoms with Crippen LogP contribution in [-0.2, 0) is 13.1 Å². The summed E-state index contributed by atoms with van der Waals surface area (Å²) in [4.78, 5) is 1.59. The zero-order valence-corrected chi connectivity index (χ0v) is 16.6. The molecule has 3 N–H and O–H groups in total. The fourth-order valence-electron chi connectivity index (χ4n) is 3.07. The summed E-state index contributed by atoms with van der Waals surface area (Å²) < 4.78 is 0. The second kappa shape index (κ2) is 9.54. The quantitative estimate of drug-likeness (QED) is 0.665. The average molecular weight is 357 g/mol. The van der Waals surface area contributed by atoms with Crippen molar-refractivity contribution >= 4 is 23.0 Å². The summed E-state index contributed by atoms with van der Waals surface area (Å²) in [6.45, 7) is 12.8. The summed E-state index contributed by atoms with van der Waals surface area (Å²) in [5.41, 5.74) is 6.21. The number of rotatable bonds is 7. The first kappa shape index (κ1) is 19.4. The highest BCUT2D eigenvalue weighted by molar-refractivity contribution is 7.80. The van der Waals surface area contributed by atoms with Gasteiger partial charge in [0.2, 0.25) is 0 Å². The van der Waals surface area contributed by atoms with Crippen LogP contribution in [-0.4, -0.2) is 18.2 Å². The van der Waals surface area contributed by atoms with E-state index in [1.807, 2.05) is 0 Å². The first-order chi connectivity index (χ1) is 12.0. The van der Waals surface area contributed by atoms with E-state index in [4.69, 9.17) is 12.2 Å². The summed E-state index contributed by atoms with van der Waals surface area (Å²) in [7, 11) is 0. The lowest BCUT2D eigenvalue weighted by Crippen LogP contribution is -3.10. The lowest BCUT2D eigenvalue weighted by Gasteiger charge is -2.18. The molecule has 0 unspecified atom stereocenters. The fraction of sp³-hybridized carbons (Fsp3) is 0.381. The van der Waals surface area contributed by atoms with Gasteiger partial charge >= 0.3 is 0 Å². The van der Waals surface area contributed by atoms with Gasteiger partial charge in [0, 0.05) is 17.8 Å². The Hall–Kier alpha value is -1.91. The first-order valence-electron chi connectivity index (χ1n) is 9.05. The standard InChI is InChI=1S/C21H29N3S/c1-5-24(6-2)15-19-10-8-7-9-18(19)14-22-21(25)23-20-12-16(3)11-17(4)13-20/h7-13H,5-6,14-15H2,1-4H3,(H2,22,23,25)/p+1. The number of anilines is 1. The van der Waals surface area contributed by atoms with E-state index >= 15 is 0 Å². The molecule has 4 heteroatoms. The molecule has 0 saturated heterocycles. The van der Waals surface area contributed by atoms with Crippen molar-refractivity contribution in [2.24, 2.45) is 0 Å². The molecule has 0 spiro atoms. The van der Waals surface area contributed by atoms with Gasteiger partial charge in [0.15, 0.2) is 5.11 Å². The Morgan fingerprint density at radius 2 is 1.56 bits per heavy atom. The molecule has 2 aromatic carbocycles. The molecule has 2 aromatic rings. The number of aryl methyl sites for hydroxylation is 2. The van der Waals surface area contributed by atoms with Crippen LogP contribution in [0.15, 0.2) is 42.5 Å². The van der Waals surface area contributed by atoms with Crippen LogP contribution < -0.4 is 15.5 Å². The summed E-state index contributed by atoms with van der Waals surface area (Å²) in [5.74, 6) is 0. The van der Waals surface area contributed by atoms with Gasteiger partial charge in [-0.1, -0.05) is 30.3 Å². The van der Waals surface area contributed by atoms with Crippen LogP contribution in [0.3, 0.4) is 0 Å². The third-order valence-corrected chi connectivity index (χ3v) is 4.72. The molecule has 0 aromatic heterocycles. The minimum atomic E-state index is 0.662. The van der Waals surface area contributed by atoms with Crippen LogP contribution in [0, 0.1) is 13.8 Å². The van der Waals surface area contributed by atoms with Gasteiger partial charge in [-0.2, -0.15) is 0 Å². The maximum absolute atomic E-state index is 5.47. The predicted octanol–water partition coefficient (Wildman–Crippen LogP) is 3.21. The molecule has 0 bridgehead atoms. The summed E-state index contributed by atoms with van der Waals surface area (Å²) >= 11 is 5.47. The Morgan fingerprint density at radius 3 is 2.16 bits per heavy atom. The third-order valence-electron chi connectivity index (χ3n) is 4.48. The van der Waals surface area contributed by atoms with Crippen LogP contribution in [0.25, 0.3) is 0 Å². The van der Waals surface area contributed by atoms with E-state index in [1.54, 1.807) is 4.90 Å². The summed E-state index contributed by atoms with van der Waals surface area (Å²) in [5, 5.41) is 7.30. The van der Waals surface area contributed by atoms with Crippen molar-refractivity contribution < 1.29 is 4.90 Å². The Kier molecular flexibility index (Phi) is 7.41. The van der Waals surface area contributed by atoms with Gasteiger partial charge < -0.3 is 15.5 Å². The van der Waals surface area contributed by atoms with Crippen LogP contribution in [0.4, 0.5) is 5.69 Å². The first-order valence-corrected chi connectivity index (χ1v) is 9.46. The van der Waals surface area contributed by atoms with Gasteiger partial charge in [-0.25, -0.2) is 0 Å². The van der Waals surface area contributed by atoms with Gasteiger partial charge in [-0.3, -0.25) is 0 Å². The van der Waals surface area contributed by atoms with E-state index in [2.05, 4.69) is 80.8 Å². The second-order valence-corrected chi connectivity index (χ2v) is 6.99. The Balaban J connectivity index is 1.97. The van der Waals surface area contributed by atoms with Crippen molar-refractivity contribution in [3.05, 3.63) is 64.7 Å². The lowest BCUT2D eigenvalue weighted by molar-refractivity contribution is -0.910. The van der Waals surface area contributed by atoms with E-state index in [0.29, 0.717) is 5.11 Å². The molecule has 0 atom stereocenters. The number of benzene rings is 2. The molecule has 0 aliphatic heterocycles. The van der Waals surface area contributed by atoms with Crippen molar-refractivity contribution in [3.8, 4) is 0 Å². The van der Waals surface area contributed by atoms with Gasteiger partial charge in [0.25, 0.3) is 0 Å². The van der Waals surface area contributed by atoms with Gasteiger partial charge in [0.1, 0.15) is 6.54 Å². The van der Waals surface area contributed by atoms with Crippen molar-refractivity contribution in [3.63, 3.8) is 0 Å². The zero-order chi connectivity index (χ0) is 18.2. The van der Waals surface area contributed by atoms with Gasteiger partial charge in [-0.05, 0) is 68.7 Å². The molecule has 0 aliphatic rings. The monoisotopic (exact) mass is 356 g/mol. The number of hydrogen-bond donors (Lipinski definition) is 3. The van der Waals surface area contributed by atoms with E-state index in [0.717, 1.165) is 31.9 Å². The molecule has 0 radical (unpaired) electrons. The van der Waals surface area contributed by atoms with Crippen LogP contribution in [0.2, 0.25) is 0 Å². The van der Waals surface area contributed by atoms with Crippen LogP contribution in [0.1, 0.15) is 36.1 Å². The molecule has 2 rings (SSSR count). The molecular formula is C21H30N3S+. The Bertz CT molecular complexity index is 688. The summed E-state index contributed by atoms with van der Waals surface area (Å²) in [6, 6.07) is 15.0. The van der Waals surface area contributed by atoms with Gasteiger partial charge in [-0.15, -0.1) is 0 Å². The van der Waals surface area contributed by atoms with Crippen LogP contribution >= 0.6 is 12.2 Å². The topological polar surface area (TPSA) is 28.5 Å². The lowest BCUT2D eigenvalue weighted by atomic mass is 10.1. The van der Waals surface area contributed by atoms with Crippen molar-refractivity contribution in [1.29, 1.82) is 0 Å². The number of hydrogen-bond acceptors (Lipinski definition) is 1. The van der Waals surface area contributed by atoms with Crippen molar-refractivity contribution in [1.82, 2.24) is 5.32 Å². The van der Waals surface area contributed by atoms with Crippen molar-refractivity contribution in [2.75, 3.05) is 18.4 Å². The second-order valence-electron chi connectivity index (χ2n) is 6.59. The Morgan fingerprint density at radius 1 is 0.960 bits per heavy atom. The smallest absolute Gasteiger partial charge is 0.171 e. The minimum absolute atomic E-state index is 0.662. The van der Waals surface area contributed by atoms with E-state index in [-0.39, 0.29) is 0 Å². The van der Waals surface area contributed by atoms with Crippen molar-refractivity contribution in [2.45, 2.75) is 40.8 Å². The van der Waals surface area contributed by atoms with Crippen LogP contribution in [0.5, 0.6) is 0 Å². The molecular weight excluding hydrogens is 326 g/mol. The minimum Gasteiger partial charge on any atom is -0.358 e. The normalized spacial score (nSPS) is 10.8. The maximum Gasteiger partial charge on any atom is 0.171 e. The zero-order valence-electron chi connectivity index (χ0n) is 15.8. The molecule has 134 valence electrons. The number of quaternary nitrogens is 1. The number of thiocarbonyl (C=S) groups is 1. The molecule has 0 amide bonds. The van der Waals surface area contributed by atoms with E-state index < -0.39 is 0 Å². The SMILES string of the molecule is CC[NH+](CC)Cc1ccccc1CNC(=S)Nc1cc(C)cc(C)c1. The fourth-order valence-corrected chi connectivity index (χ4v) is 3.26. The van der Waals surface area contributed by atoms with E-state index in [1.165, 1.54) is 22.3 Å². The maximum atomic E-state index is 5.47. The Labute approximate surface area is 157 Å². The summed E-state index contributed by atoms with van der Waals surface area (Å²) in [6.07, 6.45) is 0. The molecule has 0 aliphatic carbocycles. The highest BCUT2D eigenvalue weighted by Crippen LogP contribution is 2.14. The molecule has 0 fully saturated rings. The molecule has 25 heavy (non-hydrogen) atoms. The molecule has 0 heterocycles. The highest BCUT2D eigenvalue weighted by Gasteiger charge is 2.09. The van der Waals surface area contributed by atoms with Gasteiger partial charge in [0.05, 0.1) is 13.1 Å². The number of nitrogens with one attached hydrogen (secondary N) is 3. The predicted molar refractivity (Wildman–Crippen MR) is 111 cm³/mol. The van der Waals surface area contributed by atoms with E-state index in [9.17, 15) is 0 Å². The highest BCUT2D eigenvalue weighted by atomic mass is 32.1. The average Bonchev–Trinajstić information content (AvgIpc) is 2.57. The third kappa shape index (κ3) is 6.15. The molecule has 0 saturated carbocycles.